The lowest BCUT2D eigenvalue weighted by Crippen LogP contribution is -2.25. The molecule has 1 aromatic heterocycles. The number of aromatic nitrogens is 2. The van der Waals surface area contributed by atoms with E-state index in [1.165, 1.54) is 19.5 Å². The molecule has 1 unspecified atom stereocenters. The van der Waals surface area contributed by atoms with E-state index in [2.05, 4.69) is 22.4 Å². The lowest BCUT2D eigenvalue weighted by atomic mass is 10.1. The fourth-order valence-corrected chi connectivity index (χ4v) is 2.69. The zero-order valence-corrected chi connectivity index (χ0v) is 11.6. The lowest BCUT2D eigenvalue weighted by Gasteiger charge is -2.11. The van der Waals surface area contributed by atoms with Crippen molar-refractivity contribution in [1.29, 1.82) is 0 Å². The zero-order chi connectivity index (χ0) is 12.4. The fourth-order valence-electron chi connectivity index (χ4n) is 2.46. The van der Waals surface area contributed by atoms with Gasteiger partial charge in [0, 0.05) is 20.1 Å². The smallest absolute Gasteiger partial charge is 0.0860 e. The molecular formula is C12H21ClN4. The topological polar surface area (TPSA) is 33.1 Å². The Morgan fingerprint density at radius 2 is 2.24 bits per heavy atom. The van der Waals surface area contributed by atoms with E-state index in [9.17, 15) is 0 Å². The molecule has 96 valence electrons. The molecule has 1 N–H and O–H groups in total. The van der Waals surface area contributed by atoms with E-state index >= 15 is 0 Å². The Bertz CT molecular complexity index is 388. The molecule has 17 heavy (non-hydrogen) atoms. The quantitative estimate of drug-likeness (QED) is 0.885. The highest BCUT2D eigenvalue weighted by molar-refractivity contribution is 6.31. The van der Waals surface area contributed by atoms with Crippen molar-refractivity contribution in [2.45, 2.75) is 19.9 Å². The van der Waals surface area contributed by atoms with Crippen molar-refractivity contribution < 1.29 is 0 Å². The standard InChI is InChI=1S/C12H21ClN4/c1-9-12(13)11(17(3)15-9)7-14-6-10-4-5-16(2)8-10/h10,14H,4-8H2,1-3H3. The number of rotatable bonds is 4. The molecule has 0 radical (unpaired) electrons. The summed E-state index contributed by atoms with van der Waals surface area (Å²) >= 11 is 6.20. The third-order valence-corrected chi connectivity index (χ3v) is 3.97. The van der Waals surface area contributed by atoms with E-state index in [0.29, 0.717) is 0 Å². The van der Waals surface area contributed by atoms with E-state index < -0.39 is 0 Å². The van der Waals surface area contributed by atoms with Crippen LogP contribution in [-0.2, 0) is 13.6 Å². The molecule has 1 atom stereocenters. The van der Waals surface area contributed by atoms with Gasteiger partial charge in [-0.1, -0.05) is 11.6 Å². The monoisotopic (exact) mass is 256 g/mol. The van der Waals surface area contributed by atoms with Crippen LogP contribution >= 0.6 is 11.6 Å². The molecule has 1 aromatic rings. The SMILES string of the molecule is Cc1nn(C)c(CNCC2CCN(C)C2)c1Cl. The molecule has 1 aliphatic rings. The first-order valence-electron chi connectivity index (χ1n) is 6.15. The summed E-state index contributed by atoms with van der Waals surface area (Å²) in [6.07, 6.45) is 1.29. The highest BCUT2D eigenvalue weighted by Crippen LogP contribution is 2.19. The van der Waals surface area contributed by atoms with E-state index in [1.807, 2.05) is 18.7 Å². The minimum Gasteiger partial charge on any atom is -0.311 e. The van der Waals surface area contributed by atoms with Crippen molar-refractivity contribution in [2.75, 3.05) is 26.7 Å². The molecule has 1 saturated heterocycles. The van der Waals surface area contributed by atoms with Gasteiger partial charge in [0.25, 0.3) is 0 Å². The van der Waals surface area contributed by atoms with E-state index in [0.717, 1.165) is 35.4 Å². The van der Waals surface area contributed by atoms with Crippen LogP contribution in [0.15, 0.2) is 0 Å². The number of hydrogen-bond acceptors (Lipinski definition) is 3. The second-order valence-corrected chi connectivity index (χ2v) is 5.40. The summed E-state index contributed by atoms with van der Waals surface area (Å²) in [5, 5.41) is 8.59. The first-order chi connectivity index (χ1) is 8.08. The van der Waals surface area contributed by atoms with Crippen LogP contribution in [0.4, 0.5) is 0 Å². The van der Waals surface area contributed by atoms with E-state index in [1.54, 1.807) is 0 Å². The van der Waals surface area contributed by atoms with Gasteiger partial charge >= 0.3 is 0 Å². The molecular weight excluding hydrogens is 236 g/mol. The zero-order valence-electron chi connectivity index (χ0n) is 10.8. The normalized spacial score (nSPS) is 21.3. The molecule has 0 aliphatic carbocycles. The van der Waals surface area contributed by atoms with Gasteiger partial charge in [0.2, 0.25) is 0 Å². The van der Waals surface area contributed by atoms with Crippen LogP contribution < -0.4 is 5.32 Å². The second kappa shape index (κ2) is 5.38. The third kappa shape index (κ3) is 3.00. The van der Waals surface area contributed by atoms with Gasteiger partial charge in [-0.15, -0.1) is 0 Å². The number of likely N-dealkylation sites (tertiary alicyclic amines) is 1. The summed E-state index contributed by atoms with van der Waals surface area (Å²) in [7, 11) is 4.13. The Morgan fingerprint density at radius 3 is 2.76 bits per heavy atom. The average molecular weight is 257 g/mol. The molecule has 4 nitrogen and oxygen atoms in total. The summed E-state index contributed by atoms with van der Waals surface area (Å²) in [5.74, 6) is 0.771. The Labute approximate surface area is 108 Å². The van der Waals surface area contributed by atoms with Crippen LogP contribution in [0, 0.1) is 12.8 Å². The van der Waals surface area contributed by atoms with Gasteiger partial charge in [-0.05, 0) is 39.4 Å². The predicted octanol–water partition coefficient (Wildman–Crippen LogP) is 1.42. The maximum Gasteiger partial charge on any atom is 0.0860 e. The van der Waals surface area contributed by atoms with Gasteiger partial charge < -0.3 is 10.2 Å². The van der Waals surface area contributed by atoms with Gasteiger partial charge in [0.1, 0.15) is 0 Å². The molecule has 0 amide bonds. The van der Waals surface area contributed by atoms with Gasteiger partial charge in [0.15, 0.2) is 0 Å². The molecule has 2 heterocycles. The number of nitrogens with zero attached hydrogens (tertiary/aromatic N) is 3. The average Bonchev–Trinajstić information content (AvgIpc) is 2.78. The third-order valence-electron chi connectivity index (χ3n) is 3.48. The summed E-state index contributed by atoms with van der Waals surface area (Å²) in [6, 6.07) is 0. The minimum absolute atomic E-state index is 0.771. The van der Waals surface area contributed by atoms with Gasteiger partial charge in [-0.25, -0.2) is 0 Å². The highest BCUT2D eigenvalue weighted by atomic mass is 35.5. The predicted molar refractivity (Wildman–Crippen MR) is 70.3 cm³/mol. The maximum absolute atomic E-state index is 6.20. The first kappa shape index (κ1) is 12.9. The number of hydrogen-bond donors (Lipinski definition) is 1. The molecule has 2 rings (SSSR count). The van der Waals surface area contributed by atoms with Crippen molar-refractivity contribution in [3.05, 3.63) is 16.4 Å². The molecule has 0 bridgehead atoms. The van der Waals surface area contributed by atoms with Crippen LogP contribution in [0.3, 0.4) is 0 Å². The Hall–Kier alpha value is -0.580. The van der Waals surface area contributed by atoms with Crippen molar-refractivity contribution in [2.24, 2.45) is 13.0 Å². The number of nitrogens with one attached hydrogen (secondary N) is 1. The fraction of sp³-hybridized carbons (Fsp3) is 0.750. The molecule has 1 fully saturated rings. The lowest BCUT2D eigenvalue weighted by molar-refractivity contribution is 0.387. The summed E-state index contributed by atoms with van der Waals surface area (Å²) in [5.41, 5.74) is 1.99. The molecule has 0 aromatic carbocycles. The van der Waals surface area contributed by atoms with Gasteiger partial charge in [0.05, 0.1) is 16.4 Å². The summed E-state index contributed by atoms with van der Waals surface area (Å²) in [6.45, 7) is 6.22. The number of aryl methyl sites for hydroxylation is 2. The van der Waals surface area contributed by atoms with Crippen LogP contribution in [0.1, 0.15) is 17.8 Å². The molecule has 0 saturated carbocycles. The summed E-state index contributed by atoms with van der Waals surface area (Å²) in [4.78, 5) is 2.38. The molecule has 5 heteroatoms. The Kier molecular flexibility index (Phi) is 4.07. The van der Waals surface area contributed by atoms with Crippen molar-refractivity contribution in [3.63, 3.8) is 0 Å². The second-order valence-electron chi connectivity index (χ2n) is 5.02. The van der Waals surface area contributed by atoms with Crippen LogP contribution in [0.2, 0.25) is 5.02 Å². The largest absolute Gasteiger partial charge is 0.311 e. The van der Waals surface area contributed by atoms with Crippen molar-refractivity contribution in [1.82, 2.24) is 20.0 Å². The maximum atomic E-state index is 6.20. The van der Waals surface area contributed by atoms with Gasteiger partial charge in [-0.2, -0.15) is 5.10 Å². The highest BCUT2D eigenvalue weighted by Gasteiger charge is 2.19. The van der Waals surface area contributed by atoms with Gasteiger partial charge in [-0.3, -0.25) is 4.68 Å². The van der Waals surface area contributed by atoms with Crippen LogP contribution in [-0.4, -0.2) is 41.4 Å². The first-order valence-corrected chi connectivity index (χ1v) is 6.53. The molecule has 0 spiro atoms. The minimum atomic E-state index is 0.771. The summed E-state index contributed by atoms with van der Waals surface area (Å²) < 4.78 is 1.87. The molecule has 1 aliphatic heterocycles. The Morgan fingerprint density at radius 1 is 1.47 bits per heavy atom. The van der Waals surface area contributed by atoms with Crippen molar-refractivity contribution in [3.8, 4) is 0 Å². The van der Waals surface area contributed by atoms with E-state index in [-0.39, 0.29) is 0 Å². The van der Waals surface area contributed by atoms with Crippen LogP contribution in [0.5, 0.6) is 0 Å². The van der Waals surface area contributed by atoms with E-state index in [4.69, 9.17) is 11.6 Å². The number of halogens is 1. The van der Waals surface area contributed by atoms with Crippen LogP contribution in [0.25, 0.3) is 0 Å². The Balaban J connectivity index is 1.82. The van der Waals surface area contributed by atoms with Crippen molar-refractivity contribution >= 4 is 11.6 Å².